The van der Waals surface area contributed by atoms with Crippen molar-refractivity contribution in [3.63, 3.8) is 0 Å². The van der Waals surface area contributed by atoms with Gasteiger partial charge >= 0.3 is 7.82 Å². The summed E-state index contributed by atoms with van der Waals surface area (Å²) >= 11 is 0. The first kappa shape index (κ1) is 11.0. The van der Waals surface area contributed by atoms with Gasteiger partial charge in [-0.25, -0.2) is 4.57 Å². The molecular weight excluding hydrogens is 207 g/mol. The fourth-order valence-electron chi connectivity index (χ4n) is 0.978. The highest BCUT2D eigenvalue weighted by Crippen LogP contribution is 2.41. The second-order valence-corrected chi connectivity index (χ2v) is 3.90. The third-order valence-electron chi connectivity index (χ3n) is 1.54. The van der Waals surface area contributed by atoms with Gasteiger partial charge in [-0.05, 0) is 24.6 Å². The molecule has 0 spiro atoms. The van der Waals surface area contributed by atoms with Crippen LogP contribution in [0.1, 0.15) is 5.56 Å². The zero-order valence-corrected chi connectivity index (χ0v) is 8.69. The molecule has 0 aromatic heterocycles. The molecule has 0 radical (unpaired) electrons. The molecule has 0 unspecified atom stereocenters. The predicted molar refractivity (Wildman–Crippen MR) is 50.4 cm³/mol. The van der Waals surface area contributed by atoms with E-state index in [1.165, 1.54) is 13.2 Å². The quantitative estimate of drug-likeness (QED) is 0.751. The Morgan fingerprint density at radius 3 is 2.43 bits per heavy atom. The fraction of sp³-hybridized carbons (Fsp3) is 0.250. The third-order valence-corrected chi connectivity index (χ3v) is 1.97. The van der Waals surface area contributed by atoms with Crippen LogP contribution in [0.3, 0.4) is 0 Å². The summed E-state index contributed by atoms with van der Waals surface area (Å²) in [5.41, 5.74) is 0.917. The number of methoxy groups -OCH3 is 1. The van der Waals surface area contributed by atoms with E-state index in [0.717, 1.165) is 5.56 Å². The molecule has 6 heteroatoms. The van der Waals surface area contributed by atoms with Gasteiger partial charge in [0.25, 0.3) is 0 Å². The van der Waals surface area contributed by atoms with Gasteiger partial charge in [0.05, 0.1) is 7.11 Å². The molecule has 0 heterocycles. The number of aryl methyl sites for hydroxylation is 1. The van der Waals surface area contributed by atoms with E-state index in [1.807, 2.05) is 6.92 Å². The third kappa shape index (κ3) is 3.03. The van der Waals surface area contributed by atoms with Gasteiger partial charge < -0.3 is 9.26 Å². The Morgan fingerprint density at radius 1 is 1.29 bits per heavy atom. The summed E-state index contributed by atoms with van der Waals surface area (Å²) in [4.78, 5) is 17.2. The van der Waals surface area contributed by atoms with Gasteiger partial charge in [0.2, 0.25) is 0 Å². The standard InChI is InChI=1S/C8H11O5P/c1-6-3-4-7(8(5-6)12-2)13-14(9,10)11/h3-5H,1-2H3,(H2,9,10,11). The SMILES string of the molecule is COc1cc(C)ccc1OP(=O)(O)O. The van der Waals surface area contributed by atoms with Gasteiger partial charge in [0, 0.05) is 0 Å². The first-order valence-electron chi connectivity index (χ1n) is 3.82. The van der Waals surface area contributed by atoms with Crippen LogP contribution >= 0.6 is 7.82 Å². The average Bonchev–Trinajstić information content (AvgIpc) is 2.06. The van der Waals surface area contributed by atoms with Crippen LogP contribution in [0.15, 0.2) is 18.2 Å². The van der Waals surface area contributed by atoms with E-state index in [1.54, 1.807) is 12.1 Å². The van der Waals surface area contributed by atoms with E-state index in [-0.39, 0.29) is 5.75 Å². The molecule has 0 aliphatic heterocycles. The van der Waals surface area contributed by atoms with E-state index < -0.39 is 7.82 Å². The minimum absolute atomic E-state index is 0.0337. The van der Waals surface area contributed by atoms with Crippen LogP contribution in [-0.4, -0.2) is 16.9 Å². The molecular formula is C8H11O5P. The van der Waals surface area contributed by atoms with Crippen LogP contribution in [0.2, 0.25) is 0 Å². The van der Waals surface area contributed by atoms with Crippen LogP contribution in [0.5, 0.6) is 11.5 Å². The van der Waals surface area contributed by atoms with Gasteiger partial charge in [-0.2, -0.15) is 0 Å². The Bertz CT molecular complexity index is 370. The van der Waals surface area contributed by atoms with Crippen molar-refractivity contribution in [2.24, 2.45) is 0 Å². The van der Waals surface area contributed by atoms with E-state index in [4.69, 9.17) is 14.5 Å². The van der Waals surface area contributed by atoms with Crippen molar-refractivity contribution >= 4 is 7.82 Å². The minimum atomic E-state index is -4.52. The number of phosphoric acid groups is 1. The smallest absolute Gasteiger partial charge is 0.493 e. The number of ether oxygens (including phenoxy) is 1. The Labute approximate surface area is 81.5 Å². The summed E-state index contributed by atoms with van der Waals surface area (Å²) in [7, 11) is -3.12. The molecule has 1 rings (SSSR count). The van der Waals surface area contributed by atoms with Gasteiger partial charge in [0.15, 0.2) is 11.5 Å². The van der Waals surface area contributed by atoms with Crippen LogP contribution in [0.25, 0.3) is 0 Å². The summed E-state index contributed by atoms with van der Waals surface area (Å²) in [5.74, 6) is 0.333. The molecule has 5 nitrogen and oxygen atoms in total. The molecule has 0 fully saturated rings. The lowest BCUT2D eigenvalue weighted by atomic mass is 10.2. The number of hydrogen-bond donors (Lipinski definition) is 2. The lowest BCUT2D eigenvalue weighted by Crippen LogP contribution is -1.94. The topological polar surface area (TPSA) is 76.0 Å². The maximum absolute atomic E-state index is 10.6. The monoisotopic (exact) mass is 218 g/mol. The highest BCUT2D eigenvalue weighted by Gasteiger charge is 2.18. The zero-order chi connectivity index (χ0) is 10.8. The molecule has 0 saturated carbocycles. The van der Waals surface area contributed by atoms with Crippen molar-refractivity contribution in [3.05, 3.63) is 23.8 Å². The van der Waals surface area contributed by atoms with Crippen molar-refractivity contribution in [2.75, 3.05) is 7.11 Å². The molecule has 0 aliphatic rings. The molecule has 0 bridgehead atoms. The lowest BCUT2D eigenvalue weighted by Gasteiger charge is -2.11. The summed E-state index contributed by atoms with van der Waals surface area (Å²) < 4.78 is 19.9. The van der Waals surface area contributed by atoms with Crippen molar-refractivity contribution in [3.8, 4) is 11.5 Å². The second kappa shape index (κ2) is 4.00. The highest BCUT2D eigenvalue weighted by molar-refractivity contribution is 7.46. The Morgan fingerprint density at radius 2 is 1.93 bits per heavy atom. The summed E-state index contributed by atoms with van der Waals surface area (Å²) in [6.07, 6.45) is 0. The first-order valence-corrected chi connectivity index (χ1v) is 5.35. The van der Waals surface area contributed by atoms with E-state index in [0.29, 0.717) is 5.75 Å². The maximum Gasteiger partial charge on any atom is 0.524 e. The maximum atomic E-state index is 10.6. The van der Waals surface area contributed by atoms with Gasteiger partial charge in [0.1, 0.15) is 0 Å². The number of rotatable bonds is 3. The zero-order valence-electron chi connectivity index (χ0n) is 7.80. The molecule has 78 valence electrons. The van der Waals surface area contributed by atoms with E-state index >= 15 is 0 Å². The summed E-state index contributed by atoms with van der Waals surface area (Å²) in [5, 5.41) is 0. The number of phosphoric ester groups is 1. The molecule has 0 saturated heterocycles. The van der Waals surface area contributed by atoms with Crippen LogP contribution < -0.4 is 9.26 Å². The molecule has 14 heavy (non-hydrogen) atoms. The highest BCUT2D eigenvalue weighted by atomic mass is 31.2. The molecule has 1 aromatic carbocycles. The molecule has 2 N–H and O–H groups in total. The van der Waals surface area contributed by atoms with E-state index in [2.05, 4.69) is 4.52 Å². The Kier molecular flexibility index (Phi) is 3.16. The van der Waals surface area contributed by atoms with Gasteiger partial charge in [-0.3, -0.25) is 9.79 Å². The molecule has 1 aromatic rings. The predicted octanol–water partition coefficient (Wildman–Crippen LogP) is 1.48. The number of benzene rings is 1. The largest absolute Gasteiger partial charge is 0.524 e. The normalized spacial score (nSPS) is 11.1. The first-order chi connectivity index (χ1) is 6.42. The molecule has 0 amide bonds. The van der Waals surface area contributed by atoms with Crippen LogP contribution in [0, 0.1) is 6.92 Å². The molecule has 0 atom stereocenters. The van der Waals surface area contributed by atoms with Gasteiger partial charge in [-0.15, -0.1) is 0 Å². The minimum Gasteiger partial charge on any atom is -0.493 e. The Balaban J connectivity index is 3.03. The Hall–Kier alpha value is -1.03. The summed E-state index contributed by atoms with van der Waals surface area (Å²) in [6.45, 7) is 1.84. The molecule has 0 aliphatic carbocycles. The van der Waals surface area contributed by atoms with Gasteiger partial charge in [-0.1, -0.05) is 6.07 Å². The van der Waals surface area contributed by atoms with Crippen molar-refractivity contribution in [1.82, 2.24) is 0 Å². The van der Waals surface area contributed by atoms with Crippen molar-refractivity contribution < 1.29 is 23.6 Å². The van der Waals surface area contributed by atoms with Crippen molar-refractivity contribution in [2.45, 2.75) is 6.92 Å². The average molecular weight is 218 g/mol. The van der Waals surface area contributed by atoms with Crippen molar-refractivity contribution in [1.29, 1.82) is 0 Å². The van der Waals surface area contributed by atoms with E-state index in [9.17, 15) is 4.57 Å². The van der Waals surface area contributed by atoms with Crippen LogP contribution in [0.4, 0.5) is 0 Å². The van der Waals surface area contributed by atoms with Crippen LogP contribution in [-0.2, 0) is 4.57 Å². The fourth-order valence-corrected chi connectivity index (χ4v) is 1.39. The summed E-state index contributed by atoms with van der Waals surface area (Å²) in [6, 6.07) is 4.76. The lowest BCUT2D eigenvalue weighted by molar-refractivity contribution is 0.276. The number of hydrogen-bond acceptors (Lipinski definition) is 3. The second-order valence-electron chi connectivity index (χ2n) is 2.74.